The van der Waals surface area contributed by atoms with Crippen molar-refractivity contribution in [3.8, 4) is 5.75 Å². The van der Waals surface area contributed by atoms with Crippen LogP contribution in [0.5, 0.6) is 5.75 Å². The van der Waals surface area contributed by atoms with Gasteiger partial charge in [0.15, 0.2) is 0 Å². The fourth-order valence-electron chi connectivity index (χ4n) is 1.89. The molecule has 3 nitrogen and oxygen atoms in total. The number of aliphatic hydroxyl groups is 1. The summed E-state index contributed by atoms with van der Waals surface area (Å²) < 4.78 is 5.24. The van der Waals surface area contributed by atoms with Gasteiger partial charge in [0.25, 0.3) is 0 Å². The van der Waals surface area contributed by atoms with E-state index in [0.717, 1.165) is 11.3 Å². The van der Waals surface area contributed by atoms with Crippen molar-refractivity contribution in [2.45, 2.75) is 19.4 Å². The number of rotatable bonds is 4. The SMILES string of the molecule is COc1cc(Cl)ccc1C(O)Cc1ccc(C)cn1. The van der Waals surface area contributed by atoms with E-state index in [9.17, 15) is 5.11 Å². The maximum atomic E-state index is 10.3. The van der Waals surface area contributed by atoms with Gasteiger partial charge in [0, 0.05) is 28.9 Å². The topological polar surface area (TPSA) is 42.4 Å². The fraction of sp³-hybridized carbons (Fsp3) is 0.267. The van der Waals surface area contributed by atoms with E-state index in [-0.39, 0.29) is 0 Å². The number of aryl methyl sites for hydroxylation is 1. The lowest BCUT2D eigenvalue weighted by atomic mass is 10.0. The van der Waals surface area contributed by atoms with E-state index in [1.54, 1.807) is 31.5 Å². The molecule has 0 radical (unpaired) electrons. The van der Waals surface area contributed by atoms with Gasteiger partial charge in [0.2, 0.25) is 0 Å². The Morgan fingerprint density at radius 3 is 2.74 bits per heavy atom. The number of pyridine rings is 1. The Hall–Kier alpha value is -1.58. The number of hydrogen-bond acceptors (Lipinski definition) is 3. The Bertz CT molecular complexity index is 555. The quantitative estimate of drug-likeness (QED) is 0.932. The summed E-state index contributed by atoms with van der Waals surface area (Å²) in [6.45, 7) is 1.98. The summed E-state index contributed by atoms with van der Waals surface area (Å²) in [7, 11) is 1.56. The molecule has 100 valence electrons. The van der Waals surface area contributed by atoms with Gasteiger partial charge in [-0.1, -0.05) is 23.7 Å². The number of hydrogen-bond donors (Lipinski definition) is 1. The molecule has 1 heterocycles. The van der Waals surface area contributed by atoms with Crippen molar-refractivity contribution in [1.82, 2.24) is 4.98 Å². The second-order valence-corrected chi connectivity index (χ2v) is 4.87. The maximum Gasteiger partial charge on any atom is 0.126 e. The lowest BCUT2D eigenvalue weighted by Gasteiger charge is -2.14. The Balaban J connectivity index is 2.19. The van der Waals surface area contributed by atoms with Crippen LogP contribution in [0.4, 0.5) is 0 Å². The molecule has 0 saturated carbocycles. The van der Waals surface area contributed by atoms with E-state index in [0.29, 0.717) is 22.8 Å². The van der Waals surface area contributed by atoms with Gasteiger partial charge in [0.05, 0.1) is 13.2 Å². The molecule has 0 bridgehead atoms. The minimum atomic E-state index is -0.664. The molecular formula is C15H16ClNO2. The van der Waals surface area contributed by atoms with Crippen LogP contribution in [0.2, 0.25) is 5.02 Å². The van der Waals surface area contributed by atoms with Gasteiger partial charge in [-0.25, -0.2) is 0 Å². The van der Waals surface area contributed by atoms with Crippen LogP contribution in [-0.2, 0) is 6.42 Å². The van der Waals surface area contributed by atoms with Crippen LogP contribution < -0.4 is 4.74 Å². The standard InChI is InChI=1S/C15H16ClNO2/c1-10-3-5-12(17-9-10)8-14(18)13-6-4-11(16)7-15(13)19-2/h3-7,9,14,18H,8H2,1-2H3. The summed E-state index contributed by atoms with van der Waals surface area (Å²) in [4.78, 5) is 4.29. The normalized spacial score (nSPS) is 12.2. The van der Waals surface area contributed by atoms with E-state index >= 15 is 0 Å². The van der Waals surface area contributed by atoms with Crippen molar-refractivity contribution in [3.05, 3.63) is 58.4 Å². The molecule has 1 N–H and O–H groups in total. The monoisotopic (exact) mass is 277 g/mol. The predicted molar refractivity (Wildman–Crippen MR) is 75.6 cm³/mol. The Morgan fingerprint density at radius 2 is 2.11 bits per heavy atom. The number of aliphatic hydroxyl groups excluding tert-OH is 1. The second kappa shape index (κ2) is 6.04. The number of methoxy groups -OCH3 is 1. The molecule has 0 aliphatic rings. The molecule has 2 aromatic rings. The molecule has 0 fully saturated rings. The first-order valence-corrected chi connectivity index (χ1v) is 6.41. The average Bonchev–Trinajstić information content (AvgIpc) is 2.41. The van der Waals surface area contributed by atoms with Crippen molar-refractivity contribution in [2.75, 3.05) is 7.11 Å². The first-order valence-electron chi connectivity index (χ1n) is 6.03. The first kappa shape index (κ1) is 13.8. The third-order valence-electron chi connectivity index (χ3n) is 2.93. The molecule has 1 unspecified atom stereocenters. The molecule has 2 rings (SSSR count). The summed E-state index contributed by atoms with van der Waals surface area (Å²) in [5.41, 5.74) is 2.66. The molecule has 1 aromatic carbocycles. The number of benzene rings is 1. The Labute approximate surface area is 117 Å². The van der Waals surface area contributed by atoms with Gasteiger partial charge >= 0.3 is 0 Å². The van der Waals surface area contributed by atoms with Crippen molar-refractivity contribution < 1.29 is 9.84 Å². The van der Waals surface area contributed by atoms with Gasteiger partial charge in [-0.15, -0.1) is 0 Å². The summed E-state index contributed by atoms with van der Waals surface area (Å²) >= 11 is 5.90. The number of halogens is 1. The third kappa shape index (κ3) is 3.46. The van der Waals surface area contributed by atoms with E-state index < -0.39 is 6.10 Å². The zero-order chi connectivity index (χ0) is 13.8. The van der Waals surface area contributed by atoms with Gasteiger partial charge in [-0.2, -0.15) is 0 Å². The lowest BCUT2D eigenvalue weighted by Crippen LogP contribution is -2.05. The molecule has 4 heteroatoms. The zero-order valence-electron chi connectivity index (χ0n) is 10.9. The summed E-state index contributed by atoms with van der Waals surface area (Å²) in [5.74, 6) is 0.590. The van der Waals surface area contributed by atoms with Crippen LogP contribution in [0.25, 0.3) is 0 Å². The number of ether oxygens (including phenoxy) is 1. The van der Waals surface area contributed by atoms with E-state index in [1.807, 2.05) is 19.1 Å². The molecule has 0 saturated heterocycles. The minimum absolute atomic E-state index is 0.443. The summed E-state index contributed by atoms with van der Waals surface area (Å²) in [6.07, 6.45) is 1.57. The van der Waals surface area contributed by atoms with Gasteiger partial charge in [0.1, 0.15) is 5.75 Å². The molecule has 0 spiro atoms. The van der Waals surface area contributed by atoms with Crippen molar-refractivity contribution in [1.29, 1.82) is 0 Å². The van der Waals surface area contributed by atoms with E-state index in [1.165, 1.54) is 0 Å². The highest BCUT2D eigenvalue weighted by Gasteiger charge is 2.14. The van der Waals surface area contributed by atoms with Crippen LogP contribution in [0.15, 0.2) is 36.5 Å². The number of nitrogens with zero attached hydrogens (tertiary/aromatic N) is 1. The highest BCUT2D eigenvalue weighted by molar-refractivity contribution is 6.30. The molecule has 0 aliphatic carbocycles. The lowest BCUT2D eigenvalue weighted by molar-refractivity contribution is 0.173. The molecule has 0 aliphatic heterocycles. The van der Waals surface area contributed by atoms with E-state index in [2.05, 4.69) is 4.98 Å². The first-order chi connectivity index (χ1) is 9.10. The van der Waals surface area contributed by atoms with Crippen LogP contribution in [0, 0.1) is 6.92 Å². The second-order valence-electron chi connectivity index (χ2n) is 4.43. The minimum Gasteiger partial charge on any atom is -0.496 e. The molecule has 19 heavy (non-hydrogen) atoms. The van der Waals surface area contributed by atoms with Gasteiger partial charge in [-0.05, 0) is 30.7 Å². The van der Waals surface area contributed by atoms with Crippen LogP contribution >= 0.6 is 11.6 Å². The Kier molecular flexibility index (Phi) is 4.40. The van der Waals surface area contributed by atoms with Gasteiger partial charge in [-0.3, -0.25) is 4.98 Å². The summed E-state index contributed by atoms with van der Waals surface area (Å²) in [6, 6.07) is 9.11. The molecule has 1 atom stereocenters. The predicted octanol–water partition coefficient (Wildman–Crippen LogP) is 3.33. The van der Waals surface area contributed by atoms with Crippen LogP contribution in [-0.4, -0.2) is 17.2 Å². The third-order valence-corrected chi connectivity index (χ3v) is 3.16. The average molecular weight is 278 g/mol. The number of aromatic nitrogens is 1. The Morgan fingerprint density at radius 1 is 1.32 bits per heavy atom. The smallest absolute Gasteiger partial charge is 0.126 e. The van der Waals surface area contributed by atoms with Crippen LogP contribution in [0.1, 0.15) is 22.9 Å². The summed E-state index contributed by atoms with van der Waals surface area (Å²) in [5, 5.41) is 10.9. The van der Waals surface area contributed by atoms with Crippen molar-refractivity contribution in [3.63, 3.8) is 0 Å². The van der Waals surface area contributed by atoms with Crippen molar-refractivity contribution in [2.24, 2.45) is 0 Å². The maximum absolute atomic E-state index is 10.3. The highest BCUT2D eigenvalue weighted by atomic mass is 35.5. The van der Waals surface area contributed by atoms with E-state index in [4.69, 9.17) is 16.3 Å². The fourth-order valence-corrected chi connectivity index (χ4v) is 2.05. The molecular weight excluding hydrogens is 262 g/mol. The zero-order valence-corrected chi connectivity index (χ0v) is 11.7. The van der Waals surface area contributed by atoms with Crippen LogP contribution in [0.3, 0.4) is 0 Å². The van der Waals surface area contributed by atoms with Crippen molar-refractivity contribution >= 4 is 11.6 Å². The highest BCUT2D eigenvalue weighted by Crippen LogP contribution is 2.29. The molecule has 1 aromatic heterocycles. The molecule has 0 amide bonds. The largest absolute Gasteiger partial charge is 0.496 e. The van der Waals surface area contributed by atoms with Gasteiger partial charge < -0.3 is 9.84 Å².